The maximum absolute atomic E-state index is 14.2. The van der Waals surface area contributed by atoms with Gasteiger partial charge in [0, 0.05) is 28.5 Å². The molecule has 2 aliphatic heterocycles. The zero-order valence-corrected chi connectivity index (χ0v) is 29.6. The van der Waals surface area contributed by atoms with Crippen molar-refractivity contribution in [1.29, 1.82) is 0 Å². The molecule has 1 aromatic heterocycles. The van der Waals surface area contributed by atoms with Gasteiger partial charge in [0.2, 0.25) is 17.7 Å². The highest BCUT2D eigenvalue weighted by Gasteiger charge is 2.61. The number of hydrogen-bond donors (Lipinski definition) is 3. The average Bonchev–Trinajstić information content (AvgIpc) is 3.91. The van der Waals surface area contributed by atoms with Crippen molar-refractivity contribution in [3.8, 4) is 17.4 Å². The fourth-order valence-electron chi connectivity index (χ4n) is 6.56. The number of fused-ring (bicyclic) bond motifs is 3. The van der Waals surface area contributed by atoms with Crippen molar-refractivity contribution in [3.05, 3.63) is 35.4 Å². The molecule has 0 bridgehead atoms. The topological polar surface area (TPSA) is 145 Å². The third-order valence-corrected chi connectivity index (χ3v) is 11.2. The van der Waals surface area contributed by atoms with Crippen molar-refractivity contribution < 1.29 is 28.6 Å². The summed E-state index contributed by atoms with van der Waals surface area (Å²) in [6.45, 7) is 6.07. The maximum Gasteiger partial charge on any atom is 0.256 e. The summed E-state index contributed by atoms with van der Waals surface area (Å²) >= 11 is 7.87. The second-order valence-corrected chi connectivity index (χ2v) is 15.8. The Labute approximate surface area is 291 Å². The summed E-state index contributed by atoms with van der Waals surface area (Å²) in [5.74, 6) is 0.166. The third-order valence-electron chi connectivity index (χ3n) is 9.71. The number of halogens is 1. The van der Waals surface area contributed by atoms with E-state index >= 15 is 0 Å². The van der Waals surface area contributed by atoms with Crippen molar-refractivity contribution >= 4 is 52.2 Å². The average molecular weight is 700 g/mol. The molecule has 3 amide bonds. The van der Waals surface area contributed by atoms with Crippen LogP contribution in [0.5, 0.6) is 17.4 Å². The molecule has 0 spiro atoms. The van der Waals surface area contributed by atoms with E-state index in [-0.39, 0.29) is 47.5 Å². The van der Waals surface area contributed by atoms with Gasteiger partial charge in [0.1, 0.15) is 29.0 Å². The summed E-state index contributed by atoms with van der Waals surface area (Å²) in [5.41, 5.74) is 5.85. The summed E-state index contributed by atoms with van der Waals surface area (Å²) in [6, 6.07) is 3.60. The van der Waals surface area contributed by atoms with Gasteiger partial charge in [-0.3, -0.25) is 19.1 Å². The van der Waals surface area contributed by atoms with Crippen LogP contribution in [0.25, 0.3) is 10.9 Å². The summed E-state index contributed by atoms with van der Waals surface area (Å²) < 4.78 is 21.2. The molecule has 48 heavy (non-hydrogen) atoms. The Bertz CT molecular complexity index is 1600. The highest BCUT2D eigenvalue weighted by Crippen LogP contribution is 2.49. The Morgan fingerprint density at radius 2 is 2.02 bits per heavy atom. The van der Waals surface area contributed by atoms with Crippen LogP contribution < -0.4 is 30.0 Å². The Hall–Kier alpha value is -3.22. The molecule has 3 heterocycles. The molecule has 260 valence electrons. The first-order chi connectivity index (χ1) is 22.9. The van der Waals surface area contributed by atoms with Crippen molar-refractivity contribution in [2.24, 2.45) is 11.7 Å². The van der Waals surface area contributed by atoms with E-state index < -0.39 is 23.7 Å². The number of carbonyl (C=O) groups excluding carboxylic acids is 3. The van der Waals surface area contributed by atoms with Crippen LogP contribution in [0.1, 0.15) is 78.6 Å². The molecular weight excluding hydrogens is 654 g/mol. The molecule has 1 saturated heterocycles. The smallest absolute Gasteiger partial charge is 0.256 e. The van der Waals surface area contributed by atoms with Crippen LogP contribution in [0, 0.1) is 5.92 Å². The van der Waals surface area contributed by atoms with E-state index in [0.29, 0.717) is 46.1 Å². The van der Waals surface area contributed by atoms with Gasteiger partial charge in [-0.1, -0.05) is 36.6 Å². The minimum absolute atomic E-state index is 0.0399. The lowest BCUT2D eigenvalue weighted by molar-refractivity contribution is -0.140. The zero-order chi connectivity index (χ0) is 34.2. The first-order valence-corrected chi connectivity index (χ1v) is 18.2. The molecule has 6 rings (SSSR count). The molecule has 2 saturated carbocycles. The van der Waals surface area contributed by atoms with Gasteiger partial charge in [0.25, 0.3) is 5.91 Å². The van der Waals surface area contributed by atoms with E-state index in [1.807, 2.05) is 13.8 Å². The number of allylic oxidation sites excluding steroid dienone is 1. The van der Waals surface area contributed by atoms with Gasteiger partial charge in [-0.25, -0.2) is 4.98 Å². The van der Waals surface area contributed by atoms with Gasteiger partial charge in [0.05, 0.1) is 30.8 Å². The van der Waals surface area contributed by atoms with E-state index in [9.17, 15) is 14.4 Å². The quantitative estimate of drug-likeness (QED) is 0.254. The normalized spacial score (nSPS) is 29.2. The number of carbonyl (C=O) groups is 3. The third kappa shape index (κ3) is 7.35. The summed E-state index contributed by atoms with van der Waals surface area (Å²) in [5, 5.41) is 4.14. The van der Waals surface area contributed by atoms with Crippen molar-refractivity contribution in [3.63, 3.8) is 0 Å². The van der Waals surface area contributed by atoms with Gasteiger partial charge in [0.15, 0.2) is 5.75 Å². The fourth-order valence-corrected chi connectivity index (χ4v) is 7.62. The Kier molecular flexibility index (Phi) is 10.1. The van der Waals surface area contributed by atoms with Crippen LogP contribution in [0.4, 0.5) is 0 Å². The molecule has 0 unspecified atom stereocenters. The molecule has 5 atom stereocenters. The van der Waals surface area contributed by atoms with Crippen LogP contribution >= 0.6 is 23.5 Å². The lowest BCUT2D eigenvalue weighted by Gasteiger charge is -2.28. The molecule has 2 aromatic rings. The van der Waals surface area contributed by atoms with E-state index in [4.69, 9.17) is 31.5 Å². The van der Waals surface area contributed by atoms with Crippen LogP contribution in [-0.2, 0) is 14.4 Å². The van der Waals surface area contributed by atoms with E-state index in [1.54, 1.807) is 18.2 Å². The van der Waals surface area contributed by atoms with Crippen molar-refractivity contribution in [2.45, 2.75) is 113 Å². The highest BCUT2D eigenvalue weighted by atomic mass is 35.5. The van der Waals surface area contributed by atoms with Gasteiger partial charge < -0.3 is 30.2 Å². The maximum atomic E-state index is 14.2. The SMILES string of the molecule is COc1c(Cl)ccc2c(O[C@@H]3C[C@H]4C(=O)N[C@]5(C(=O)NSC6(C)CC6)C[C@H]5/C=C\CCCCC[C@H](N)C(=O)N4C3)cc(OC(C)C)nc12. The van der Waals surface area contributed by atoms with E-state index in [0.717, 1.165) is 38.5 Å². The zero-order valence-electron chi connectivity index (χ0n) is 28.1. The molecule has 13 heteroatoms. The van der Waals surface area contributed by atoms with Crippen LogP contribution in [-0.4, -0.2) is 75.8 Å². The van der Waals surface area contributed by atoms with Crippen molar-refractivity contribution in [1.82, 2.24) is 19.9 Å². The molecule has 1 aromatic carbocycles. The molecule has 4 aliphatic rings. The summed E-state index contributed by atoms with van der Waals surface area (Å²) in [4.78, 5) is 47.9. The number of benzene rings is 1. The van der Waals surface area contributed by atoms with E-state index in [1.165, 1.54) is 24.0 Å². The van der Waals surface area contributed by atoms with Gasteiger partial charge in [-0.15, -0.1) is 0 Å². The number of hydrogen-bond acceptors (Lipinski definition) is 9. The lowest BCUT2D eigenvalue weighted by atomic mass is 10.1. The number of ether oxygens (including phenoxy) is 3. The number of nitrogens with one attached hydrogen (secondary N) is 2. The number of amides is 3. The number of nitrogens with zero attached hydrogens (tertiary/aromatic N) is 2. The minimum atomic E-state index is -1.07. The largest absolute Gasteiger partial charge is 0.493 e. The Balaban J connectivity index is 1.29. The first kappa shape index (κ1) is 34.6. The number of aromatic nitrogens is 1. The molecule has 3 fully saturated rings. The monoisotopic (exact) mass is 699 g/mol. The van der Waals surface area contributed by atoms with Crippen LogP contribution in [0.3, 0.4) is 0 Å². The highest BCUT2D eigenvalue weighted by molar-refractivity contribution is 7.99. The van der Waals surface area contributed by atoms with Crippen molar-refractivity contribution in [2.75, 3.05) is 13.7 Å². The Morgan fingerprint density at radius 1 is 1.23 bits per heavy atom. The molecule has 2 aliphatic carbocycles. The predicted molar refractivity (Wildman–Crippen MR) is 186 cm³/mol. The predicted octanol–water partition coefficient (Wildman–Crippen LogP) is 5.07. The van der Waals surface area contributed by atoms with Crippen LogP contribution in [0.15, 0.2) is 30.4 Å². The minimum Gasteiger partial charge on any atom is -0.493 e. The molecular formula is C35H46ClN5O6S. The molecule has 0 radical (unpaired) electrons. The standard InChI is InChI=1S/C35H46ClN5O6S/c1-20(2)46-28-17-27(23-12-13-24(36)30(45-4)29(23)38-28)47-22-16-26-31(42)39-35(33(44)40-48-34(3)14-15-34)18-21(35)10-8-6-5-7-9-11-25(37)32(43)41(26)19-22/h8,10,12-13,17,20-22,25-26H,5-7,9,11,14-16,18-19,37H2,1-4H3,(H,39,42)(H,40,44)/b10-8-/t21-,22-,25+,26+,35-/m1/s1. The number of methoxy groups -OCH3 is 1. The van der Waals surface area contributed by atoms with Gasteiger partial charge in [-0.05, 0) is 83.4 Å². The summed E-state index contributed by atoms with van der Waals surface area (Å²) in [7, 11) is 1.52. The second-order valence-electron chi connectivity index (χ2n) is 14.0. The first-order valence-electron chi connectivity index (χ1n) is 17.0. The lowest BCUT2D eigenvalue weighted by Crippen LogP contribution is -2.56. The van der Waals surface area contributed by atoms with E-state index in [2.05, 4.69) is 34.1 Å². The number of pyridine rings is 1. The molecule has 11 nitrogen and oxygen atoms in total. The fraction of sp³-hybridized carbons (Fsp3) is 0.600. The second kappa shape index (κ2) is 14.0. The number of nitrogens with two attached hydrogens (primary N) is 1. The summed E-state index contributed by atoms with van der Waals surface area (Å²) in [6.07, 6.45) is 10.4. The van der Waals surface area contributed by atoms with Crippen LogP contribution in [0.2, 0.25) is 5.02 Å². The number of rotatable bonds is 8. The van der Waals surface area contributed by atoms with Gasteiger partial charge >= 0.3 is 0 Å². The van der Waals surface area contributed by atoms with Gasteiger partial charge in [-0.2, -0.15) is 0 Å². The Morgan fingerprint density at radius 3 is 2.75 bits per heavy atom. The molecule has 4 N–H and O–H groups in total.